The number of aliphatic imine (C=N–C) groups is 1. The highest BCUT2D eigenvalue weighted by atomic mass is 15.3. The summed E-state index contributed by atoms with van der Waals surface area (Å²) in [5, 5.41) is 0. The van der Waals surface area contributed by atoms with Crippen molar-refractivity contribution < 1.29 is 0 Å². The lowest BCUT2D eigenvalue weighted by Gasteiger charge is -2.23. The third-order valence-electron chi connectivity index (χ3n) is 4.81. The van der Waals surface area contributed by atoms with E-state index in [9.17, 15) is 0 Å². The lowest BCUT2D eigenvalue weighted by molar-refractivity contribution is 0.773. The zero-order valence-electron chi connectivity index (χ0n) is 17.6. The van der Waals surface area contributed by atoms with Crippen LogP contribution in [0.25, 0.3) is 0 Å². The van der Waals surface area contributed by atoms with Crippen LogP contribution in [0.5, 0.6) is 0 Å². The molecule has 1 heterocycles. The highest BCUT2D eigenvalue weighted by Gasteiger charge is 2.61. The molecule has 4 rings (SSSR count). The second-order valence-corrected chi connectivity index (χ2v) is 6.36. The summed E-state index contributed by atoms with van der Waals surface area (Å²) in [5.74, 6) is 1.50. The molecule has 2 nitrogen and oxygen atoms in total. The van der Waals surface area contributed by atoms with E-state index in [1.807, 2.05) is 52.0 Å². The van der Waals surface area contributed by atoms with Gasteiger partial charge in [0.05, 0.1) is 0 Å². The molecular formula is C25H31BN2. The fourth-order valence-electron chi connectivity index (χ4n) is 3.52. The highest BCUT2D eigenvalue weighted by Crippen LogP contribution is 2.58. The van der Waals surface area contributed by atoms with E-state index >= 15 is 0 Å². The summed E-state index contributed by atoms with van der Waals surface area (Å²) >= 11 is 0. The molecular weight excluding hydrogens is 339 g/mol. The van der Waals surface area contributed by atoms with E-state index < -0.39 is 0 Å². The Labute approximate surface area is 172 Å². The first kappa shape index (κ1) is 21.8. The molecule has 2 radical (unpaired) electrons. The van der Waals surface area contributed by atoms with Gasteiger partial charge in [-0.1, -0.05) is 94.4 Å². The topological polar surface area (TPSA) is 15.6 Å². The van der Waals surface area contributed by atoms with E-state index in [2.05, 4.69) is 54.0 Å². The molecule has 1 fully saturated rings. The number of nitrogens with zero attached hydrogens (tertiary/aromatic N) is 2. The second kappa shape index (κ2) is 10.1. The number of allylic oxidation sites excluding steroid dienone is 6. The van der Waals surface area contributed by atoms with Gasteiger partial charge in [-0.25, -0.2) is 0 Å². The van der Waals surface area contributed by atoms with Crippen molar-refractivity contribution in [3.8, 4) is 0 Å². The lowest BCUT2D eigenvalue weighted by atomic mass is 9.95. The molecule has 2 unspecified atom stereocenters. The smallest absolute Gasteiger partial charge is 0.133 e. The minimum atomic E-state index is -0.0593. The van der Waals surface area contributed by atoms with E-state index in [-0.39, 0.29) is 5.54 Å². The predicted molar refractivity (Wildman–Crippen MR) is 125 cm³/mol. The van der Waals surface area contributed by atoms with Gasteiger partial charge in [0.1, 0.15) is 19.2 Å². The number of rotatable bonds is 4. The number of anilines is 1. The number of hydrogen-bond acceptors (Lipinski definition) is 2. The van der Waals surface area contributed by atoms with Crippen LogP contribution in [0.15, 0.2) is 95.6 Å². The average molecular weight is 370 g/mol. The summed E-state index contributed by atoms with van der Waals surface area (Å²) in [4.78, 5) is 7.38. The molecule has 1 saturated carbocycles. The molecule has 3 aliphatic rings. The molecule has 1 aromatic rings. The highest BCUT2D eigenvalue weighted by molar-refractivity contribution is 6.23. The van der Waals surface area contributed by atoms with Gasteiger partial charge in [-0.3, -0.25) is 9.89 Å². The Hall–Kier alpha value is -2.55. The van der Waals surface area contributed by atoms with Gasteiger partial charge in [-0.15, -0.1) is 0 Å². The minimum Gasteiger partial charge on any atom is -0.297 e. The normalized spacial score (nSPS) is 24.5. The van der Waals surface area contributed by atoms with Gasteiger partial charge in [-0.2, -0.15) is 0 Å². The van der Waals surface area contributed by atoms with Gasteiger partial charge in [0, 0.05) is 17.3 Å². The molecule has 144 valence electrons. The largest absolute Gasteiger partial charge is 0.297 e. The summed E-state index contributed by atoms with van der Waals surface area (Å²) in [6.45, 7) is 11.7. The number of para-hydroxylation sites is 1. The zero-order chi connectivity index (χ0) is 20.6. The van der Waals surface area contributed by atoms with Crippen LogP contribution in [0, 0.1) is 5.92 Å². The molecule has 0 saturated heterocycles. The van der Waals surface area contributed by atoms with E-state index in [0.29, 0.717) is 11.4 Å². The summed E-state index contributed by atoms with van der Waals surface area (Å²) in [7, 11) is 5.79. The molecule has 1 spiro atoms. The molecule has 2 aliphatic carbocycles. The van der Waals surface area contributed by atoms with Crippen LogP contribution in [0.1, 0.15) is 40.5 Å². The second-order valence-electron chi connectivity index (χ2n) is 6.36. The molecule has 1 aromatic carbocycles. The van der Waals surface area contributed by atoms with Crippen molar-refractivity contribution in [2.75, 3.05) is 4.90 Å². The van der Waals surface area contributed by atoms with Crippen molar-refractivity contribution in [1.82, 2.24) is 0 Å². The standard InChI is InChI=1S/C21H19BN2.2C2H6/c1-2-17(22)10-8-14-20-23-21-15-16(21)9-6-7-13-19(21)24(20)18-11-4-3-5-12-18;2*1-2/h2-6,8-14,16H,1,7,15H2;2*1-2H3/b14-8+,17-10+;;. The van der Waals surface area contributed by atoms with E-state index in [1.165, 1.54) is 5.70 Å². The molecule has 0 amide bonds. The van der Waals surface area contributed by atoms with Gasteiger partial charge in [-0.05, 0) is 31.1 Å². The molecule has 2 atom stereocenters. The first-order chi connectivity index (χ1) is 13.7. The van der Waals surface area contributed by atoms with E-state index in [4.69, 9.17) is 12.8 Å². The van der Waals surface area contributed by atoms with Gasteiger partial charge >= 0.3 is 0 Å². The van der Waals surface area contributed by atoms with Crippen LogP contribution in [0.4, 0.5) is 5.69 Å². The van der Waals surface area contributed by atoms with Crippen LogP contribution in [0.3, 0.4) is 0 Å². The maximum Gasteiger partial charge on any atom is 0.133 e. The predicted octanol–water partition coefficient (Wildman–Crippen LogP) is 6.35. The van der Waals surface area contributed by atoms with Crippen molar-refractivity contribution >= 4 is 19.4 Å². The maximum absolute atomic E-state index is 5.79. The van der Waals surface area contributed by atoms with Gasteiger partial charge in [0.2, 0.25) is 0 Å². The Balaban J connectivity index is 0.000000660. The first-order valence-corrected chi connectivity index (χ1v) is 10.3. The fourth-order valence-corrected chi connectivity index (χ4v) is 3.52. The number of hydrogen-bond donors (Lipinski definition) is 0. The Kier molecular flexibility index (Phi) is 7.86. The lowest BCUT2D eigenvalue weighted by Crippen LogP contribution is -2.27. The molecule has 28 heavy (non-hydrogen) atoms. The van der Waals surface area contributed by atoms with E-state index in [1.54, 1.807) is 6.08 Å². The van der Waals surface area contributed by atoms with Gasteiger partial charge in [0.25, 0.3) is 0 Å². The third-order valence-corrected chi connectivity index (χ3v) is 4.81. The van der Waals surface area contributed by atoms with Crippen molar-refractivity contribution in [2.24, 2.45) is 10.9 Å². The molecule has 3 heteroatoms. The Morgan fingerprint density at radius 2 is 1.93 bits per heavy atom. The average Bonchev–Trinajstić information content (AvgIpc) is 3.40. The van der Waals surface area contributed by atoms with Crippen LogP contribution < -0.4 is 4.90 Å². The third kappa shape index (κ3) is 4.30. The van der Waals surface area contributed by atoms with Crippen molar-refractivity contribution in [3.63, 3.8) is 0 Å². The van der Waals surface area contributed by atoms with Crippen molar-refractivity contribution in [1.29, 1.82) is 0 Å². The van der Waals surface area contributed by atoms with Crippen molar-refractivity contribution in [2.45, 2.75) is 46.1 Å². The summed E-state index contributed by atoms with van der Waals surface area (Å²) in [5.41, 5.74) is 3.05. The monoisotopic (exact) mass is 370 g/mol. The molecule has 1 aliphatic heterocycles. The fraction of sp³-hybridized carbons (Fsp3) is 0.320. The summed E-state index contributed by atoms with van der Waals surface area (Å²) in [6.07, 6.45) is 16.4. The minimum absolute atomic E-state index is 0.0593. The molecule has 0 aromatic heterocycles. The van der Waals surface area contributed by atoms with Crippen molar-refractivity contribution in [3.05, 3.63) is 90.6 Å². The van der Waals surface area contributed by atoms with Crippen LogP contribution in [-0.2, 0) is 0 Å². The Morgan fingerprint density at radius 3 is 2.61 bits per heavy atom. The molecule has 0 bridgehead atoms. The zero-order valence-corrected chi connectivity index (χ0v) is 17.6. The van der Waals surface area contributed by atoms with Gasteiger partial charge in [0.15, 0.2) is 0 Å². The summed E-state index contributed by atoms with van der Waals surface area (Å²) in [6, 6.07) is 10.4. The molecule has 0 N–H and O–H groups in total. The van der Waals surface area contributed by atoms with Crippen LogP contribution >= 0.6 is 0 Å². The van der Waals surface area contributed by atoms with Crippen LogP contribution in [0.2, 0.25) is 0 Å². The SMILES string of the molecule is CC.CC.[B]/C(C=C)=C/C=C/C1=NC23CC2C=CCC=C3N1c1ccccc1. The van der Waals surface area contributed by atoms with Crippen LogP contribution in [-0.4, -0.2) is 19.2 Å². The Morgan fingerprint density at radius 1 is 1.21 bits per heavy atom. The number of amidine groups is 1. The summed E-state index contributed by atoms with van der Waals surface area (Å²) < 4.78 is 0. The Bertz CT molecular complexity index is 814. The van der Waals surface area contributed by atoms with Gasteiger partial charge < -0.3 is 0 Å². The van der Waals surface area contributed by atoms with E-state index in [0.717, 1.165) is 24.4 Å². The number of benzene rings is 1. The first-order valence-electron chi connectivity index (χ1n) is 10.3. The quantitative estimate of drug-likeness (QED) is 0.342. The maximum atomic E-state index is 5.79.